The molecule has 6 nitrogen and oxygen atoms in total. The molecule has 0 N–H and O–H groups in total. The molecule has 0 saturated heterocycles. The summed E-state index contributed by atoms with van der Waals surface area (Å²) in [6.07, 6.45) is 50.6. The van der Waals surface area contributed by atoms with Crippen LogP contribution in [-0.2, 0) is 28.6 Å². The fourth-order valence-electron chi connectivity index (χ4n) is 5.52. The van der Waals surface area contributed by atoms with Gasteiger partial charge in [-0.15, -0.1) is 0 Å². The number of ether oxygens (including phenoxy) is 3. The summed E-state index contributed by atoms with van der Waals surface area (Å²) in [4.78, 5) is 37.4. The number of hydrogen-bond donors (Lipinski definition) is 0. The van der Waals surface area contributed by atoms with E-state index in [0.717, 1.165) is 77.0 Å². The van der Waals surface area contributed by atoms with Crippen LogP contribution in [0, 0.1) is 0 Å². The minimum Gasteiger partial charge on any atom is -0.462 e. The molecule has 0 aromatic rings. The summed E-state index contributed by atoms with van der Waals surface area (Å²) >= 11 is 0. The normalized spacial score (nSPS) is 12.7. The van der Waals surface area contributed by atoms with Crippen LogP contribution in [0.3, 0.4) is 0 Å². The zero-order valence-electron chi connectivity index (χ0n) is 34.3. The zero-order chi connectivity index (χ0) is 38.7. The monoisotopic (exact) mass is 739 g/mol. The summed E-state index contributed by atoms with van der Waals surface area (Å²) in [6, 6.07) is 0. The van der Waals surface area contributed by atoms with Gasteiger partial charge in [-0.25, -0.2) is 0 Å². The smallest absolute Gasteiger partial charge is 0.306 e. The van der Waals surface area contributed by atoms with Crippen molar-refractivity contribution >= 4 is 17.9 Å². The number of carbonyl (C=O) groups excluding carboxylic acids is 3. The van der Waals surface area contributed by atoms with Crippen LogP contribution in [0.15, 0.2) is 72.9 Å². The van der Waals surface area contributed by atoms with E-state index in [1.54, 1.807) is 0 Å². The SMILES string of the molecule is CC/C=C\C/C=C\C/C=C\C/C=C\C/C=C\C/C=C\CCC(=O)OCC(COC(=O)CCCCCCCC)OC(=O)CCCCCCCCCCCC. The third kappa shape index (κ3) is 39.9. The maximum Gasteiger partial charge on any atom is 0.306 e. The van der Waals surface area contributed by atoms with E-state index in [1.807, 2.05) is 12.2 Å². The predicted molar refractivity (Wildman–Crippen MR) is 224 cm³/mol. The van der Waals surface area contributed by atoms with Crippen LogP contribution in [0.2, 0.25) is 0 Å². The molecule has 0 heterocycles. The Hall–Kier alpha value is -3.15. The maximum absolute atomic E-state index is 12.6. The Bertz CT molecular complexity index is 1030. The molecule has 0 aliphatic carbocycles. The number of hydrogen-bond acceptors (Lipinski definition) is 6. The fraction of sp³-hybridized carbons (Fsp3) is 0.681. The molecule has 0 spiro atoms. The van der Waals surface area contributed by atoms with Gasteiger partial charge in [0.25, 0.3) is 0 Å². The molecule has 0 aromatic heterocycles. The molecular formula is C47H78O6. The Morgan fingerprint density at radius 1 is 0.396 bits per heavy atom. The summed E-state index contributed by atoms with van der Waals surface area (Å²) in [5.41, 5.74) is 0. The van der Waals surface area contributed by atoms with E-state index < -0.39 is 6.10 Å². The summed E-state index contributed by atoms with van der Waals surface area (Å²) in [7, 11) is 0. The molecule has 0 bridgehead atoms. The van der Waals surface area contributed by atoms with Crippen LogP contribution < -0.4 is 0 Å². The van der Waals surface area contributed by atoms with Gasteiger partial charge in [-0.05, 0) is 57.8 Å². The van der Waals surface area contributed by atoms with Crippen LogP contribution in [0.5, 0.6) is 0 Å². The molecular weight excluding hydrogens is 661 g/mol. The summed E-state index contributed by atoms with van der Waals surface area (Å²) in [5.74, 6) is -1.01. The summed E-state index contributed by atoms with van der Waals surface area (Å²) in [5, 5.41) is 0. The Morgan fingerprint density at radius 2 is 0.736 bits per heavy atom. The average Bonchev–Trinajstić information content (AvgIpc) is 3.15. The van der Waals surface area contributed by atoms with Gasteiger partial charge >= 0.3 is 17.9 Å². The summed E-state index contributed by atoms with van der Waals surface area (Å²) in [6.45, 7) is 6.35. The van der Waals surface area contributed by atoms with Crippen molar-refractivity contribution in [1.82, 2.24) is 0 Å². The van der Waals surface area contributed by atoms with Gasteiger partial charge in [0.15, 0.2) is 6.10 Å². The lowest BCUT2D eigenvalue weighted by Crippen LogP contribution is -2.30. The first-order chi connectivity index (χ1) is 26.0. The van der Waals surface area contributed by atoms with Gasteiger partial charge in [0.1, 0.15) is 13.2 Å². The van der Waals surface area contributed by atoms with Gasteiger partial charge < -0.3 is 14.2 Å². The quantitative estimate of drug-likeness (QED) is 0.0273. The van der Waals surface area contributed by atoms with Crippen LogP contribution in [0.4, 0.5) is 0 Å². The molecule has 0 rings (SSSR count). The molecule has 0 fully saturated rings. The minimum absolute atomic E-state index is 0.0983. The second kappa shape index (κ2) is 41.6. The highest BCUT2D eigenvalue weighted by Gasteiger charge is 2.19. The first kappa shape index (κ1) is 49.9. The number of carbonyl (C=O) groups is 3. The molecule has 0 radical (unpaired) electrons. The Balaban J connectivity index is 4.39. The largest absolute Gasteiger partial charge is 0.462 e. The molecule has 0 aliphatic heterocycles. The van der Waals surface area contributed by atoms with Crippen molar-refractivity contribution in [2.24, 2.45) is 0 Å². The van der Waals surface area contributed by atoms with Crippen LogP contribution in [-0.4, -0.2) is 37.2 Å². The van der Waals surface area contributed by atoms with Gasteiger partial charge in [0.05, 0.1) is 0 Å². The third-order valence-electron chi connectivity index (χ3n) is 8.74. The van der Waals surface area contributed by atoms with E-state index in [0.29, 0.717) is 19.3 Å². The highest BCUT2D eigenvalue weighted by Crippen LogP contribution is 2.13. The highest BCUT2D eigenvalue weighted by atomic mass is 16.6. The fourth-order valence-corrected chi connectivity index (χ4v) is 5.52. The molecule has 6 heteroatoms. The van der Waals surface area contributed by atoms with Crippen molar-refractivity contribution in [3.05, 3.63) is 72.9 Å². The first-order valence-electron chi connectivity index (χ1n) is 21.4. The lowest BCUT2D eigenvalue weighted by Gasteiger charge is -2.18. The number of esters is 3. The molecule has 53 heavy (non-hydrogen) atoms. The molecule has 0 saturated carbocycles. The Morgan fingerprint density at radius 3 is 1.15 bits per heavy atom. The van der Waals surface area contributed by atoms with Crippen LogP contribution in [0.1, 0.15) is 188 Å². The second-order valence-electron chi connectivity index (χ2n) is 13.9. The number of allylic oxidation sites excluding steroid dienone is 12. The van der Waals surface area contributed by atoms with Gasteiger partial charge in [-0.1, -0.05) is 184 Å². The van der Waals surface area contributed by atoms with Gasteiger partial charge in [0.2, 0.25) is 0 Å². The van der Waals surface area contributed by atoms with Crippen LogP contribution in [0.25, 0.3) is 0 Å². The third-order valence-corrected chi connectivity index (χ3v) is 8.74. The standard InChI is InChI=1S/C47H78O6/c1-4-7-10-13-16-18-20-21-22-23-24-25-26-27-28-30-31-34-37-40-46(49)52-43-44(42-51-45(48)39-36-33-15-12-9-6-3)53-47(50)41-38-35-32-29-19-17-14-11-8-5-2/h7,10,16,18,21-22,24-25,27-28,31,34,44H,4-6,8-9,11-15,17,19-20,23,26,29-30,32-33,35-43H2,1-3H3/b10-7-,18-16-,22-21-,25-24-,28-27-,34-31-. The van der Waals surface area contributed by atoms with E-state index in [4.69, 9.17) is 14.2 Å². The summed E-state index contributed by atoms with van der Waals surface area (Å²) < 4.78 is 16.5. The second-order valence-corrected chi connectivity index (χ2v) is 13.9. The minimum atomic E-state index is -0.797. The first-order valence-corrected chi connectivity index (χ1v) is 21.4. The lowest BCUT2D eigenvalue weighted by molar-refractivity contribution is -0.166. The van der Waals surface area contributed by atoms with Gasteiger partial charge in [-0.2, -0.15) is 0 Å². The zero-order valence-corrected chi connectivity index (χ0v) is 34.3. The molecule has 0 aromatic carbocycles. The predicted octanol–water partition coefficient (Wildman–Crippen LogP) is 13.5. The highest BCUT2D eigenvalue weighted by molar-refractivity contribution is 5.71. The van der Waals surface area contributed by atoms with E-state index in [9.17, 15) is 14.4 Å². The van der Waals surface area contributed by atoms with Crippen molar-refractivity contribution < 1.29 is 28.6 Å². The Kier molecular flexibility index (Phi) is 39.1. The molecule has 1 unspecified atom stereocenters. The van der Waals surface area contributed by atoms with Crippen molar-refractivity contribution in [2.45, 2.75) is 194 Å². The van der Waals surface area contributed by atoms with Gasteiger partial charge in [-0.3, -0.25) is 14.4 Å². The molecule has 1 atom stereocenters. The van der Waals surface area contributed by atoms with Crippen LogP contribution >= 0.6 is 0 Å². The van der Waals surface area contributed by atoms with Crippen molar-refractivity contribution in [3.8, 4) is 0 Å². The average molecular weight is 739 g/mol. The van der Waals surface area contributed by atoms with Crippen molar-refractivity contribution in [1.29, 1.82) is 0 Å². The van der Waals surface area contributed by atoms with E-state index in [-0.39, 0.29) is 37.5 Å². The van der Waals surface area contributed by atoms with E-state index in [1.165, 1.54) is 64.2 Å². The number of rotatable bonds is 37. The van der Waals surface area contributed by atoms with E-state index >= 15 is 0 Å². The van der Waals surface area contributed by atoms with Crippen molar-refractivity contribution in [2.75, 3.05) is 13.2 Å². The van der Waals surface area contributed by atoms with Gasteiger partial charge in [0, 0.05) is 19.3 Å². The lowest BCUT2D eigenvalue weighted by atomic mass is 10.1. The molecule has 0 aliphatic rings. The van der Waals surface area contributed by atoms with Crippen molar-refractivity contribution in [3.63, 3.8) is 0 Å². The molecule has 302 valence electrons. The Labute approximate surface area is 325 Å². The number of unbranched alkanes of at least 4 members (excludes halogenated alkanes) is 14. The van der Waals surface area contributed by atoms with E-state index in [2.05, 4.69) is 81.5 Å². The topological polar surface area (TPSA) is 78.9 Å². The molecule has 0 amide bonds. The maximum atomic E-state index is 12.6.